The normalized spacial score (nSPS) is 15.4. The van der Waals surface area contributed by atoms with E-state index in [1.54, 1.807) is 0 Å². The van der Waals surface area contributed by atoms with Gasteiger partial charge in [0.15, 0.2) is 0 Å². The molecule has 1 aromatic carbocycles. The third-order valence-corrected chi connectivity index (χ3v) is 3.04. The monoisotopic (exact) mass is 233 g/mol. The molecular formula is C14H19NO2. The highest BCUT2D eigenvalue weighted by atomic mass is 16.5. The van der Waals surface area contributed by atoms with E-state index < -0.39 is 0 Å². The van der Waals surface area contributed by atoms with Crippen LogP contribution in [0.1, 0.15) is 17.5 Å². The van der Waals surface area contributed by atoms with Gasteiger partial charge >= 0.3 is 0 Å². The summed E-state index contributed by atoms with van der Waals surface area (Å²) in [6, 6.07) is 8.42. The number of aryl methyl sites for hydroxylation is 1. The molecule has 0 unspecified atom stereocenters. The topological polar surface area (TPSA) is 38.3 Å². The molecule has 0 bridgehead atoms. The Morgan fingerprint density at radius 3 is 2.65 bits per heavy atom. The number of hydrogen-bond acceptors (Lipinski definition) is 2. The minimum Gasteiger partial charge on any atom is -0.381 e. The standard InChI is InChI=1S/C14H19NO2/c1-11-2-4-12(5-3-11)6-7-15-14(16)8-13-9-17-10-13/h2-5,13H,6-10H2,1H3,(H,15,16). The van der Waals surface area contributed by atoms with Gasteiger partial charge in [0.05, 0.1) is 13.2 Å². The zero-order chi connectivity index (χ0) is 12.1. The van der Waals surface area contributed by atoms with E-state index in [4.69, 9.17) is 4.74 Å². The van der Waals surface area contributed by atoms with Gasteiger partial charge in [-0.05, 0) is 18.9 Å². The molecule has 0 aromatic heterocycles. The summed E-state index contributed by atoms with van der Waals surface area (Å²) in [5.41, 5.74) is 2.53. The minimum absolute atomic E-state index is 0.144. The van der Waals surface area contributed by atoms with Crippen LogP contribution in [-0.2, 0) is 16.0 Å². The highest BCUT2D eigenvalue weighted by Gasteiger charge is 2.21. The van der Waals surface area contributed by atoms with E-state index in [1.807, 2.05) is 0 Å². The van der Waals surface area contributed by atoms with E-state index in [9.17, 15) is 4.79 Å². The van der Waals surface area contributed by atoms with Gasteiger partial charge < -0.3 is 10.1 Å². The SMILES string of the molecule is Cc1ccc(CCNC(=O)CC2COC2)cc1. The van der Waals surface area contributed by atoms with Crippen LogP contribution in [0.5, 0.6) is 0 Å². The number of nitrogens with one attached hydrogen (secondary N) is 1. The number of hydrogen-bond donors (Lipinski definition) is 1. The quantitative estimate of drug-likeness (QED) is 0.840. The van der Waals surface area contributed by atoms with Crippen molar-refractivity contribution >= 4 is 5.91 Å². The summed E-state index contributed by atoms with van der Waals surface area (Å²) in [4.78, 5) is 11.5. The van der Waals surface area contributed by atoms with E-state index in [0.29, 0.717) is 12.3 Å². The van der Waals surface area contributed by atoms with Crippen molar-refractivity contribution in [2.24, 2.45) is 5.92 Å². The Hall–Kier alpha value is -1.35. The molecule has 1 amide bonds. The maximum absolute atomic E-state index is 11.5. The highest BCUT2D eigenvalue weighted by molar-refractivity contribution is 5.76. The van der Waals surface area contributed by atoms with E-state index in [0.717, 1.165) is 26.2 Å². The van der Waals surface area contributed by atoms with Gasteiger partial charge in [0.1, 0.15) is 0 Å². The van der Waals surface area contributed by atoms with Gasteiger partial charge in [-0.15, -0.1) is 0 Å². The van der Waals surface area contributed by atoms with Crippen LogP contribution >= 0.6 is 0 Å². The molecule has 1 aromatic rings. The van der Waals surface area contributed by atoms with Crippen molar-refractivity contribution in [3.8, 4) is 0 Å². The van der Waals surface area contributed by atoms with Crippen molar-refractivity contribution in [2.75, 3.05) is 19.8 Å². The summed E-state index contributed by atoms with van der Waals surface area (Å²) < 4.78 is 5.04. The number of carbonyl (C=O) groups excluding carboxylic acids is 1. The molecule has 1 aliphatic heterocycles. The van der Waals surface area contributed by atoms with Crippen LogP contribution in [0.2, 0.25) is 0 Å². The maximum Gasteiger partial charge on any atom is 0.220 e. The summed E-state index contributed by atoms with van der Waals surface area (Å²) in [7, 11) is 0. The summed E-state index contributed by atoms with van der Waals surface area (Å²) in [5, 5.41) is 2.95. The minimum atomic E-state index is 0.144. The first-order chi connectivity index (χ1) is 8.24. The van der Waals surface area contributed by atoms with Crippen LogP contribution in [0, 0.1) is 12.8 Å². The Morgan fingerprint density at radius 1 is 1.35 bits per heavy atom. The fraction of sp³-hybridized carbons (Fsp3) is 0.500. The van der Waals surface area contributed by atoms with Gasteiger partial charge in [-0.25, -0.2) is 0 Å². The molecule has 3 heteroatoms. The Balaban J connectivity index is 1.64. The van der Waals surface area contributed by atoms with Crippen molar-refractivity contribution < 1.29 is 9.53 Å². The van der Waals surface area contributed by atoms with Gasteiger partial charge in [-0.1, -0.05) is 29.8 Å². The van der Waals surface area contributed by atoms with Gasteiger partial charge in [0.2, 0.25) is 5.91 Å². The Morgan fingerprint density at radius 2 is 2.06 bits per heavy atom. The molecule has 1 aliphatic rings. The molecule has 92 valence electrons. The van der Waals surface area contributed by atoms with Gasteiger partial charge in [0.25, 0.3) is 0 Å². The second kappa shape index (κ2) is 5.82. The van der Waals surface area contributed by atoms with Crippen LogP contribution in [0.3, 0.4) is 0 Å². The van der Waals surface area contributed by atoms with Crippen LogP contribution in [-0.4, -0.2) is 25.7 Å². The van der Waals surface area contributed by atoms with E-state index in [1.165, 1.54) is 11.1 Å². The molecule has 1 N–H and O–H groups in total. The van der Waals surface area contributed by atoms with Gasteiger partial charge in [0, 0.05) is 18.9 Å². The molecule has 0 aliphatic carbocycles. The first kappa shape index (κ1) is 12.1. The highest BCUT2D eigenvalue weighted by Crippen LogP contribution is 2.13. The third-order valence-electron chi connectivity index (χ3n) is 3.04. The smallest absolute Gasteiger partial charge is 0.220 e. The predicted molar refractivity (Wildman–Crippen MR) is 66.8 cm³/mol. The molecule has 17 heavy (non-hydrogen) atoms. The molecule has 0 atom stereocenters. The molecule has 0 spiro atoms. The van der Waals surface area contributed by atoms with E-state index in [-0.39, 0.29) is 5.91 Å². The van der Waals surface area contributed by atoms with Crippen LogP contribution in [0.15, 0.2) is 24.3 Å². The van der Waals surface area contributed by atoms with E-state index >= 15 is 0 Å². The third kappa shape index (κ3) is 3.86. The molecular weight excluding hydrogens is 214 g/mol. The lowest BCUT2D eigenvalue weighted by Crippen LogP contribution is -2.35. The summed E-state index contributed by atoms with van der Waals surface area (Å²) in [6.45, 7) is 4.28. The lowest BCUT2D eigenvalue weighted by atomic mass is 10.0. The van der Waals surface area contributed by atoms with E-state index in [2.05, 4.69) is 36.5 Å². The maximum atomic E-state index is 11.5. The molecule has 0 radical (unpaired) electrons. The molecule has 1 saturated heterocycles. The first-order valence-corrected chi connectivity index (χ1v) is 6.14. The predicted octanol–water partition coefficient (Wildman–Crippen LogP) is 1.69. The molecule has 1 heterocycles. The molecule has 0 saturated carbocycles. The number of amides is 1. The first-order valence-electron chi connectivity index (χ1n) is 6.14. The van der Waals surface area contributed by atoms with Crippen molar-refractivity contribution in [2.45, 2.75) is 19.8 Å². The van der Waals surface area contributed by atoms with Crippen molar-refractivity contribution in [1.82, 2.24) is 5.32 Å². The van der Waals surface area contributed by atoms with Gasteiger partial charge in [-0.2, -0.15) is 0 Å². The molecule has 2 rings (SSSR count). The number of ether oxygens (including phenoxy) is 1. The van der Waals surface area contributed by atoms with Crippen LogP contribution < -0.4 is 5.32 Å². The van der Waals surface area contributed by atoms with Gasteiger partial charge in [-0.3, -0.25) is 4.79 Å². The van der Waals surface area contributed by atoms with Crippen molar-refractivity contribution in [1.29, 1.82) is 0 Å². The second-order valence-corrected chi connectivity index (χ2v) is 4.69. The lowest BCUT2D eigenvalue weighted by Gasteiger charge is -2.25. The number of carbonyl (C=O) groups is 1. The number of benzene rings is 1. The fourth-order valence-electron chi connectivity index (χ4n) is 1.84. The Kier molecular flexibility index (Phi) is 4.15. The van der Waals surface area contributed by atoms with Crippen molar-refractivity contribution in [3.05, 3.63) is 35.4 Å². The second-order valence-electron chi connectivity index (χ2n) is 4.69. The Labute approximate surface area is 102 Å². The summed E-state index contributed by atoms with van der Waals surface area (Å²) >= 11 is 0. The average Bonchev–Trinajstić information content (AvgIpc) is 2.26. The van der Waals surface area contributed by atoms with Crippen LogP contribution in [0.25, 0.3) is 0 Å². The summed E-state index contributed by atoms with van der Waals surface area (Å²) in [6.07, 6.45) is 1.50. The number of rotatable bonds is 5. The molecule has 1 fully saturated rings. The lowest BCUT2D eigenvalue weighted by molar-refractivity contribution is -0.126. The Bertz CT molecular complexity index is 368. The zero-order valence-corrected chi connectivity index (χ0v) is 10.2. The largest absolute Gasteiger partial charge is 0.381 e. The van der Waals surface area contributed by atoms with Crippen LogP contribution in [0.4, 0.5) is 0 Å². The fourth-order valence-corrected chi connectivity index (χ4v) is 1.84. The zero-order valence-electron chi connectivity index (χ0n) is 10.2. The van der Waals surface area contributed by atoms with Crippen molar-refractivity contribution in [3.63, 3.8) is 0 Å². The summed E-state index contributed by atoms with van der Waals surface area (Å²) in [5.74, 6) is 0.583. The average molecular weight is 233 g/mol. The molecule has 3 nitrogen and oxygen atoms in total.